The topological polar surface area (TPSA) is 26.3 Å². The van der Waals surface area contributed by atoms with Crippen LogP contribution in [-0.2, 0) is 9.53 Å². The summed E-state index contributed by atoms with van der Waals surface area (Å²) in [7, 11) is 0. The molecular weight excluding hydrogens is 224 g/mol. The molecule has 1 saturated carbocycles. The van der Waals surface area contributed by atoms with Gasteiger partial charge in [0.05, 0.1) is 12.5 Å². The highest BCUT2D eigenvalue weighted by Gasteiger charge is 2.23. The van der Waals surface area contributed by atoms with Crippen molar-refractivity contribution in [1.82, 2.24) is 0 Å². The first-order valence-electron chi connectivity index (χ1n) is 7.39. The van der Waals surface area contributed by atoms with Gasteiger partial charge in [0.1, 0.15) is 0 Å². The van der Waals surface area contributed by atoms with Crippen LogP contribution >= 0.6 is 0 Å². The molecule has 1 aliphatic carbocycles. The van der Waals surface area contributed by atoms with Crippen molar-refractivity contribution in [1.29, 1.82) is 0 Å². The molecule has 104 valence electrons. The van der Waals surface area contributed by atoms with E-state index in [2.05, 4.69) is 26.8 Å². The minimum absolute atomic E-state index is 0.0454. The third kappa shape index (κ3) is 6.23. The maximum Gasteiger partial charge on any atom is 0.308 e. The average molecular weight is 252 g/mol. The molecule has 0 aliphatic heterocycles. The Labute approximate surface area is 112 Å². The van der Waals surface area contributed by atoms with Crippen molar-refractivity contribution in [2.24, 2.45) is 11.8 Å². The summed E-state index contributed by atoms with van der Waals surface area (Å²) in [5, 5.41) is 0. The van der Waals surface area contributed by atoms with Crippen molar-refractivity contribution in [2.45, 2.75) is 65.7 Å². The Balaban J connectivity index is 2.05. The highest BCUT2D eigenvalue weighted by molar-refractivity contribution is 5.72. The fourth-order valence-corrected chi connectivity index (χ4v) is 2.44. The number of carbonyl (C=O) groups is 1. The maximum absolute atomic E-state index is 11.7. The predicted octanol–water partition coefficient (Wildman–Crippen LogP) is 4.49. The summed E-state index contributed by atoms with van der Waals surface area (Å²) < 4.78 is 5.37. The molecule has 0 N–H and O–H groups in total. The SMILES string of the molecule is CC(C)=CCCC(C)CCOC(=O)C1CCCC1. The monoisotopic (exact) mass is 252 g/mol. The zero-order chi connectivity index (χ0) is 13.4. The van der Waals surface area contributed by atoms with Crippen molar-refractivity contribution in [3.8, 4) is 0 Å². The first-order valence-corrected chi connectivity index (χ1v) is 7.39. The molecule has 2 heteroatoms. The minimum atomic E-state index is 0.0454. The largest absolute Gasteiger partial charge is 0.465 e. The second kappa shape index (κ2) is 8.34. The molecule has 0 heterocycles. The summed E-state index contributed by atoms with van der Waals surface area (Å²) in [5.74, 6) is 0.881. The lowest BCUT2D eigenvalue weighted by Gasteiger charge is -2.13. The molecule has 1 rings (SSSR count). The molecule has 0 saturated heterocycles. The van der Waals surface area contributed by atoms with Crippen LogP contribution in [-0.4, -0.2) is 12.6 Å². The third-order valence-electron chi connectivity index (χ3n) is 3.76. The van der Waals surface area contributed by atoms with Crippen molar-refractivity contribution in [3.05, 3.63) is 11.6 Å². The number of esters is 1. The summed E-state index contributed by atoms with van der Waals surface area (Å²) in [6, 6.07) is 0. The number of allylic oxidation sites excluding steroid dienone is 2. The third-order valence-corrected chi connectivity index (χ3v) is 3.76. The molecule has 0 aromatic heterocycles. The van der Waals surface area contributed by atoms with Crippen LogP contribution in [0.25, 0.3) is 0 Å². The van der Waals surface area contributed by atoms with E-state index in [1.165, 1.54) is 24.8 Å². The lowest BCUT2D eigenvalue weighted by atomic mass is 10.0. The van der Waals surface area contributed by atoms with E-state index in [4.69, 9.17) is 4.74 Å². The zero-order valence-corrected chi connectivity index (χ0v) is 12.2. The van der Waals surface area contributed by atoms with Gasteiger partial charge < -0.3 is 4.74 Å². The molecule has 1 fully saturated rings. The fraction of sp³-hybridized carbons (Fsp3) is 0.812. The molecule has 0 bridgehead atoms. The van der Waals surface area contributed by atoms with E-state index < -0.39 is 0 Å². The Morgan fingerprint density at radius 1 is 1.28 bits per heavy atom. The summed E-state index contributed by atoms with van der Waals surface area (Å²) >= 11 is 0. The standard InChI is InChI=1S/C16H28O2/c1-13(2)7-6-8-14(3)11-12-18-16(17)15-9-4-5-10-15/h7,14-15H,4-6,8-12H2,1-3H3. The zero-order valence-electron chi connectivity index (χ0n) is 12.2. The number of carbonyl (C=O) groups excluding carboxylic acids is 1. The molecule has 2 nitrogen and oxygen atoms in total. The molecule has 0 aromatic rings. The van der Waals surface area contributed by atoms with E-state index in [9.17, 15) is 4.79 Å². The van der Waals surface area contributed by atoms with Gasteiger partial charge in [-0.25, -0.2) is 0 Å². The van der Waals surface area contributed by atoms with E-state index in [0.717, 1.165) is 25.7 Å². The lowest BCUT2D eigenvalue weighted by molar-refractivity contribution is -0.148. The average Bonchev–Trinajstić information content (AvgIpc) is 2.81. The van der Waals surface area contributed by atoms with E-state index in [-0.39, 0.29) is 11.9 Å². The van der Waals surface area contributed by atoms with Crippen molar-refractivity contribution < 1.29 is 9.53 Å². The van der Waals surface area contributed by atoms with Crippen molar-refractivity contribution in [2.75, 3.05) is 6.61 Å². The predicted molar refractivity (Wildman–Crippen MR) is 75.4 cm³/mol. The number of hydrogen-bond donors (Lipinski definition) is 0. The summed E-state index contributed by atoms with van der Waals surface area (Å²) in [4.78, 5) is 11.7. The van der Waals surface area contributed by atoms with Crippen LogP contribution < -0.4 is 0 Å². The smallest absolute Gasteiger partial charge is 0.308 e. The molecule has 1 atom stereocenters. The van der Waals surface area contributed by atoms with Crippen LogP contribution in [0.5, 0.6) is 0 Å². The molecule has 0 amide bonds. The van der Waals surface area contributed by atoms with Gasteiger partial charge in [-0.15, -0.1) is 0 Å². The van der Waals surface area contributed by atoms with Gasteiger partial charge in [0.25, 0.3) is 0 Å². The van der Waals surface area contributed by atoms with Crippen LogP contribution in [0.2, 0.25) is 0 Å². The number of ether oxygens (including phenoxy) is 1. The van der Waals surface area contributed by atoms with E-state index >= 15 is 0 Å². The fourth-order valence-electron chi connectivity index (χ4n) is 2.44. The second-order valence-electron chi connectivity index (χ2n) is 5.90. The maximum atomic E-state index is 11.7. The normalized spacial score (nSPS) is 17.5. The van der Waals surface area contributed by atoms with Gasteiger partial charge in [0.2, 0.25) is 0 Å². The summed E-state index contributed by atoms with van der Waals surface area (Å²) in [6.07, 6.45) is 10.1. The van der Waals surface area contributed by atoms with Crippen LogP contribution in [0.15, 0.2) is 11.6 Å². The summed E-state index contributed by atoms with van der Waals surface area (Å²) in [6.45, 7) is 7.11. The van der Waals surface area contributed by atoms with Crippen molar-refractivity contribution >= 4 is 5.97 Å². The van der Waals surface area contributed by atoms with E-state index in [1.54, 1.807) is 0 Å². The first kappa shape index (κ1) is 15.3. The quantitative estimate of drug-likeness (QED) is 0.493. The Kier molecular flexibility index (Phi) is 7.07. The Hall–Kier alpha value is -0.790. The van der Waals surface area contributed by atoms with Gasteiger partial charge in [-0.3, -0.25) is 4.79 Å². The van der Waals surface area contributed by atoms with Crippen molar-refractivity contribution in [3.63, 3.8) is 0 Å². The van der Waals surface area contributed by atoms with Crippen LogP contribution in [0.1, 0.15) is 65.7 Å². The first-order chi connectivity index (χ1) is 8.59. The van der Waals surface area contributed by atoms with Crippen LogP contribution in [0.3, 0.4) is 0 Å². The second-order valence-corrected chi connectivity index (χ2v) is 5.90. The molecule has 1 aliphatic rings. The van der Waals surface area contributed by atoms with Gasteiger partial charge in [-0.1, -0.05) is 31.4 Å². The molecular formula is C16H28O2. The molecule has 1 unspecified atom stereocenters. The molecule has 18 heavy (non-hydrogen) atoms. The van der Waals surface area contributed by atoms with E-state index in [1.807, 2.05) is 0 Å². The van der Waals surface area contributed by atoms with E-state index in [0.29, 0.717) is 12.5 Å². The number of rotatable bonds is 7. The highest BCUT2D eigenvalue weighted by Crippen LogP contribution is 2.25. The van der Waals surface area contributed by atoms with Crippen LogP contribution in [0.4, 0.5) is 0 Å². The minimum Gasteiger partial charge on any atom is -0.465 e. The molecule has 0 aromatic carbocycles. The summed E-state index contributed by atoms with van der Waals surface area (Å²) in [5.41, 5.74) is 1.38. The highest BCUT2D eigenvalue weighted by atomic mass is 16.5. The number of hydrogen-bond acceptors (Lipinski definition) is 2. The Morgan fingerprint density at radius 3 is 2.56 bits per heavy atom. The van der Waals surface area contributed by atoms with Gasteiger partial charge >= 0.3 is 5.97 Å². The van der Waals surface area contributed by atoms with Crippen LogP contribution in [0, 0.1) is 11.8 Å². The Bertz CT molecular complexity index is 271. The van der Waals surface area contributed by atoms with Gasteiger partial charge in [-0.05, 0) is 51.9 Å². The molecule has 0 spiro atoms. The Morgan fingerprint density at radius 2 is 1.94 bits per heavy atom. The molecule has 0 radical (unpaired) electrons. The lowest BCUT2D eigenvalue weighted by Crippen LogP contribution is -2.16. The van der Waals surface area contributed by atoms with Gasteiger partial charge in [-0.2, -0.15) is 0 Å². The van der Waals surface area contributed by atoms with Gasteiger partial charge in [0, 0.05) is 0 Å². The van der Waals surface area contributed by atoms with Gasteiger partial charge in [0.15, 0.2) is 0 Å².